The molecule has 3 N–H and O–H groups in total. The number of halogens is 3. The van der Waals surface area contributed by atoms with Gasteiger partial charge in [-0.1, -0.05) is 59.1 Å². The van der Waals surface area contributed by atoms with Gasteiger partial charge in [0.05, 0.1) is 21.4 Å². The molecule has 7 heteroatoms. The molecule has 0 bridgehead atoms. The molecule has 1 aliphatic rings. The van der Waals surface area contributed by atoms with Gasteiger partial charge >= 0.3 is 0 Å². The summed E-state index contributed by atoms with van der Waals surface area (Å²) in [7, 11) is 0. The minimum Gasteiger partial charge on any atom is -0.399 e. The van der Waals surface area contributed by atoms with Crippen LogP contribution in [-0.4, -0.2) is 5.11 Å². The van der Waals surface area contributed by atoms with Crippen LogP contribution in [0, 0.1) is 0 Å². The SMILES string of the molecule is Nc1cc(-c2ccccc2Cl)c2c(c1)N(c1c(Cl)cccc1Cl)C(=S)NC2. The number of thiocarbonyl (C=S) groups is 1. The summed E-state index contributed by atoms with van der Waals surface area (Å²) in [5.41, 5.74) is 11.2. The third-order valence-corrected chi connectivity index (χ3v) is 5.70. The highest BCUT2D eigenvalue weighted by molar-refractivity contribution is 7.80. The van der Waals surface area contributed by atoms with Crippen molar-refractivity contribution >= 4 is 69.2 Å². The van der Waals surface area contributed by atoms with Gasteiger partial charge in [-0.3, -0.25) is 4.90 Å². The number of anilines is 3. The molecule has 3 aromatic carbocycles. The smallest absolute Gasteiger partial charge is 0.178 e. The van der Waals surface area contributed by atoms with Gasteiger partial charge in [0.15, 0.2) is 5.11 Å². The first-order chi connectivity index (χ1) is 13.0. The van der Waals surface area contributed by atoms with Crippen molar-refractivity contribution < 1.29 is 0 Å². The van der Waals surface area contributed by atoms with E-state index in [9.17, 15) is 0 Å². The topological polar surface area (TPSA) is 41.3 Å². The van der Waals surface area contributed by atoms with Crippen molar-refractivity contribution in [3.05, 3.63) is 75.2 Å². The van der Waals surface area contributed by atoms with Gasteiger partial charge in [0.25, 0.3) is 0 Å². The Hall–Kier alpha value is -1.98. The summed E-state index contributed by atoms with van der Waals surface area (Å²) in [5, 5.41) is 5.41. The number of benzene rings is 3. The number of hydrogen-bond acceptors (Lipinski definition) is 2. The molecule has 0 aromatic heterocycles. The van der Waals surface area contributed by atoms with Crippen molar-refractivity contribution in [3.8, 4) is 11.1 Å². The van der Waals surface area contributed by atoms with E-state index in [0.29, 0.717) is 38.1 Å². The Morgan fingerprint density at radius 1 is 0.889 bits per heavy atom. The maximum Gasteiger partial charge on any atom is 0.178 e. The Morgan fingerprint density at radius 2 is 1.56 bits per heavy atom. The lowest BCUT2D eigenvalue weighted by molar-refractivity contribution is 0.886. The normalized spacial score (nSPS) is 13.3. The first kappa shape index (κ1) is 18.4. The fourth-order valence-electron chi connectivity index (χ4n) is 3.26. The fourth-order valence-corrected chi connectivity index (χ4v) is 4.33. The van der Waals surface area contributed by atoms with Gasteiger partial charge in [0.2, 0.25) is 0 Å². The van der Waals surface area contributed by atoms with E-state index in [1.165, 1.54) is 0 Å². The molecule has 3 nitrogen and oxygen atoms in total. The largest absolute Gasteiger partial charge is 0.399 e. The third-order valence-electron chi connectivity index (χ3n) is 4.43. The van der Waals surface area contributed by atoms with Gasteiger partial charge in [-0.05, 0) is 48.1 Å². The Morgan fingerprint density at radius 3 is 2.26 bits per heavy atom. The highest BCUT2D eigenvalue weighted by atomic mass is 35.5. The average molecular weight is 435 g/mol. The molecule has 0 amide bonds. The average Bonchev–Trinajstić information content (AvgIpc) is 2.63. The third kappa shape index (κ3) is 3.23. The lowest BCUT2D eigenvalue weighted by Gasteiger charge is -2.35. The van der Waals surface area contributed by atoms with E-state index in [2.05, 4.69) is 5.32 Å². The van der Waals surface area contributed by atoms with Crippen molar-refractivity contribution in [2.24, 2.45) is 0 Å². The molecule has 0 saturated carbocycles. The Labute approximate surface area is 177 Å². The number of nitrogens with zero attached hydrogens (tertiary/aromatic N) is 1. The van der Waals surface area contributed by atoms with Gasteiger partial charge in [-0.25, -0.2) is 0 Å². The zero-order valence-electron chi connectivity index (χ0n) is 14.0. The van der Waals surface area contributed by atoms with Crippen LogP contribution in [-0.2, 0) is 6.54 Å². The van der Waals surface area contributed by atoms with Crippen LogP contribution in [0.2, 0.25) is 15.1 Å². The van der Waals surface area contributed by atoms with Crippen LogP contribution in [0.15, 0.2) is 54.6 Å². The number of para-hydroxylation sites is 1. The van der Waals surface area contributed by atoms with Crippen LogP contribution in [0.25, 0.3) is 11.1 Å². The summed E-state index contributed by atoms with van der Waals surface area (Å²) in [6.07, 6.45) is 0. The van der Waals surface area contributed by atoms with E-state index in [0.717, 1.165) is 22.4 Å². The molecule has 1 heterocycles. The van der Waals surface area contributed by atoms with Crippen LogP contribution < -0.4 is 16.0 Å². The van der Waals surface area contributed by atoms with E-state index in [4.69, 9.17) is 52.8 Å². The first-order valence-corrected chi connectivity index (χ1v) is 9.71. The molecule has 0 spiro atoms. The maximum absolute atomic E-state index is 6.45. The maximum atomic E-state index is 6.45. The zero-order valence-corrected chi connectivity index (χ0v) is 17.1. The lowest BCUT2D eigenvalue weighted by Crippen LogP contribution is -2.41. The monoisotopic (exact) mass is 433 g/mol. The van der Waals surface area contributed by atoms with E-state index in [1.54, 1.807) is 18.2 Å². The number of nitrogen functional groups attached to an aromatic ring is 1. The second-order valence-corrected chi connectivity index (χ2v) is 7.72. The highest BCUT2D eigenvalue weighted by Crippen LogP contribution is 2.45. The standard InChI is InChI=1S/C20H14Cl3N3S/c21-15-5-2-1-4-12(15)13-8-11(24)9-18-14(13)10-25-20(27)26(18)19-16(22)6-3-7-17(19)23/h1-9H,10,24H2,(H,25,27). The van der Waals surface area contributed by atoms with Crippen LogP contribution in [0.3, 0.4) is 0 Å². The number of hydrogen-bond donors (Lipinski definition) is 2. The van der Waals surface area contributed by atoms with E-state index in [-0.39, 0.29) is 0 Å². The number of nitrogens with one attached hydrogen (secondary N) is 1. The summed E-state index contributed by atoms with van der Waals surface area (Å²) in [6.45, 7) is 0.549. The predicted octanol–water partition coefficient (Wildman–Crippen LogP) is 6.42. The molecule has 0 fully saturated rings. The molecule has 27 heavy (non-hydrogen) atoms. The van der Waals surface area contributed by atoms with E-state index in [1.807, 2.05) is 41.3 Å². The Bertz CT molecular complexity index is 1050. The van der Waals surface area contributed by atoms with Crippen LogP contribution >= 0.6 is 47.0 Å². The summed E-state index contributed by atoms with van der Waals surface area (Å²) in [4.78, 5) is 1.83. The Balaban J connectivity index is 1.99. The highest BCUT2D eigenvalue weighted by Gasteiger charge is 2.28. The quantitative estimate of drug-likeness (QED) is 0.360. The number of nitrogens with two attached hydrogens (primary N) is 1. The van der Waals surface area contributed by atoms with Gasteiger partial charge in [-0.2, -0.15) is 0 Å². The summed E-state index contributed by atoms with van der Waals surface area (Å²) < 4.78 is 0. The number of fused-ring (bicyclic) bond motifs is 1. The molecule has 0 atom stereocenters. The molecular weight excluding hydrogens is 421 g/mol. The second kappa shape index (κ2) is 7.21. The molecule has 136 valence electrons. The number of rotatable bonds is 2. The van der Waals surface area contributed by atoms with Gasteiger partial charge < -0.3 is 11.1 Å². The van der Waals surface area contributed by atoms with Gasteiger partial charge in [-0.15, -0.1) is 0 Å². The summed E-state index contributed by atoms with van der Waals surface area (Å²) >= 11 is 24.9. The molecule has 0 unspecified atom stereocenters. The zero-order chi connectivity index (χ0) is 19.1. The molecular formula is C20H14Cl3N3S. The van der Waals surface area contributed by atoms with Crippen molar-refractivity contribution in [1.82, 2.24) is 5.32 Å². The summed E-state index contributed by atoms with van der Waals surface area (Å²) in [6, 6.07) is 16.8. The van der Waals surface area contributed by atoms with Crippen LogP contribution in [0.5, 0.6) is 0 Å². The molecule has 1 aliphatic heterocycles. The fraction of sp³-hybridized carbons (Fsp3) is 0.0500. The van der Waals surface area contributed by atoms with Crippen molar-refractivity contribution in [1.29, 1.82) is 0 Å². The Kier molecular flexibility index (Phi) is 4.91. The van der Waals surface area contributed by atoms with E-state index >= 15 is 0 Å². The first-order valence-electron chi connectivity index (χ1n) is 8.16. The van der Waals surface area contributed by atoms with Gasteiger partial charge in [0, 0.05) is 28.4 Å². The minimum absolute atomic E-state index is 0.501. The van der Waals surface area contributed by atoms with Crippen molar-refractivity contribution in [2.45, 2.75) is 6.54 Å². The lowest BCUT2D eigenvalue weighted by atomic mass is 9.95. The molecule has 3 aromatic rings. The predicted molar refractivity (Wildman–Crippen MR) is 119 cm³/mol. The molecule has 0 radical (unpaired) electrons. The van der Waals surface area contributed by atoms with Crippen molar-refractivity contribution in [2.75, 3.05) is 10.6 Å². The minimum atomic E-state index is 0.501. The van der Waals surface area contributed by atoms with Crippen LogP contribution in [0.4, 0.5) is 17.1 Å². The molecule has 0 aliphatic carbocycles. The van der Waals surface area contributed by atoms with Gasteiger partial charge in [0.1, 0.15) is 0 Å². The second-order valence-electron chi connectivity index (χ2n) is 6.11. The summed E-state index contributed by atoms with van der Waals surface area (Å²) in [5.74, 6) is 0. The van der Waals surface area contributed by atoms with E-state index < -0.39 is 0 Å². The van der Waals surface area contributed by atoms with Crippen molar-refractivity contribution in [3.63, 3.8) is 0 Å². The molecule has 0 saturated heterocycles. The molecule has 4 rings (SSSR count). The van der Waals surface area contributed by atoms with Crippen LogP contribution in [0.1, 0.15) is 5.56 Å².